The summed E-state index contributed by atoms with van der Waals surface area (Å²) in [6.45, 7) is 0.348. The Labute approximate surface area is 95.3 Å². The van der Waals surface area contributed by atoms with Gasteiger partial charge in [0.25, 0.3) is 0 Å². The van der Waals surface area contributed by atoms with Crippen molar-refractivity contribution in [3.63, 3.8) is 0 Å². The largest absolute Gasteiger partial charge is 0.385 e. The molecule has 3 nitrogen and oxygen atoms in total. The van der Waals surface area contributed by atoms with Crippen LogP contribution in [0.25, 0.3) is 0 Å². The zero-order chi connectivity index (χ0) is 11.6. The molecule has 0 aliphatic heterocycles. The van der Waals surface area contributed by atoms with Gasteiger partial charge in [0, 0.05) is 12.0 Å². The van der Waals surface area contributed by atoms with Crippen molar-refractivity contribution in [2.45, 2.75) is 25.4 Å². The van der Waals surface area contributed by atoms with E-state index in [1.807, 2.05) is 12.1 Å². The van der Waals surface area contributed by atoms with Gasteiger partial charge in [0.2, 0.25) is 0 Å². The minimum Gasteiger partial charge on any atom is -0.385 e. The lowest BCUT2D eigenvalue weighted by Crippen LogP contribution is -2.46. The third-order valence-electron chi connectivity index (χ3n) is 3.72. The predicted octanol–water partition coefficient (Wildman–Crippen LogP) is 0.680. The molecule has 0 heterocycles. The maximum absolute atomic E-state index is 10.8. The van der Waals surface area contributed by atoms with Gasteiger partial charge >= 0.3 is 0 Å². The van der Waals surface area contributed by atoms with E-state index in [1.165, 1.54) is 11.1 Å². The number of nitrogens with two attached hydrogens (primary N) is 1. The number of carbonyl (C=O) groups is 1. The number of aliphatic hydroxyl groups is 1. The number of fused-ring (bicyclic) bond motifs is 1. The second-order valence-corrected chi connectivity index (χ2v) is 4.59. The standard InChI is InChI=1S/C13H17NO2/c14-9-13(12(16)8-15)6-5-10-3-1-2-4-11(10)7-13/h1-4,8,12,16H,5-7,9,14H2. The third kappa shape index (κ3) is 1.77. The van der Waals surface area contributed by atoms with Gasteiger partial charge in [0.15, 0.2) is 0 Å². The Morgan fingerprint density at radius 2 is 2.12 bits per heavy atom. The summed E-state index contributed by atoms with van der Waals surface area (Å²) in [4.78, 5) is 10.8. The molecule has 3 heteroatoms. The number of carbonyl (C=O) groups excluding carboxylic acids is 1. The fraction of sp³-hybridized carbons (Fsp3) is 0.462. The Morgan fingerprint density at radius 1 is 1.44 bits per heavy atom. The molecule has 2 rings (SSSR count). The number of aryl methyl sites for hydroxylation is 1. The molecule has 0 amide bonds. The molecule has 0 saturated carbocycles. The number of rotatable bonds is 3. The molecule has 0 bridgehead atoms. The number of hydrogen-bond acceptors (Lipinski definition) is 3. The van der Waals surface area contributed by atoms with Crippen LogP contribution in [0.4, 0.5) is 0 Å². The molecule has 0 aromatic heterocycles. The first-order valence-electron chi connectivity index (χ1n) is 5.62. The molecule has 1 aliphatic carbocycles. The van der Waals surface area contributed by atoms with Crippen LogP contribution in [0.1, 0.15) is 17.5 Å². The number of aldehydes is 1. The normalized spacial score (nSPS) is 25.9. The summed E-state index contributed by atoms with van der Waals surface area (Å²) in [6, 6.07) is 8.16. The highest BCUT2D eigenvalue weighted by Gasteiger charge is 2.39. The van der Waals surface area contributed by atoms with Gasteiger partial charge in [-0.1, -0.05) is 24.3 Å². The van der Waals surface area contributed by atoms with Crippen LogP contribution < -0.4 is 5.73 Å². The van der Waals surface area contributed by atoms with Crippen LogP contribution in [0.3, 0.4) is 0 Å². The van der Waals surface area contributed by atoms with E-state index in [0.717, 1.165) is 12.8 Å². The van der Waals surface area contributed by atoms with Gasteiger partial charge in [-0.05, 0) is 30.4 Å². The van der Waals surface area contributed by atoms with Crippen molar-refractivity contribution in [1.29, 1.82) is 0 Å². The minimum absolute atomic E-state index is 0.348. The Morgan fingerprint density at radius 3 is 2.75 bits per heavy atom. The van der Waals surface area contributed by atoms with E-state index in [9.17, 15) is 9.90 Å². The molecule has 2 unspecified atom stereocenters. The fourth-order valence-electron chi connectivity index (χ4n) is 2.52. The molecule has 16 heavy (non-hydrogen) atoms. The van der Waals surface area contributed by atoms with Crippen molar-refractivity contribution >= 4 is 6.29 Å². The lowest BCUT2D eigenvalue weighted by Gasteiger charge is -2.38. The Bertz CT molecular complexity index is 391. The van der Waals surface area contributed by atoms with Crippen LogP contribution in [0.15, 0.2) is 24.3 Å². The first-order chi connectivity index (χ1) is 7.72. The summed E-state index contributed by atoms with van der Waals surface area (Å²) in [6.07, 6.45) is 2.02. The molecule has 0 fully saturated rings. The van der Waals surface area contributed by atoms with Crippen molar-refractivity contribution in [2.24, 2.45) is 11.1 Å². The van der Waals surface area contributed by atoms with E-state index < -0.39 is 11.5 Å². The van der Waals surface area contributed by atoms with E-state index in [0.29, 0.717) is 19.3 Å². The average Bonchev–Trinajstić information content (AvgIpc) is 2.37. The Kier molecular flexibility index (Phi) is 3.08. The summed E-state index contributed by atoms with van der Waals surface area (Å²) in [7, 11) is 0. The summed E-state index contributed by atoms with van der Waals surface area (Å²) < 4.78 is 0. The topological polar surface area (TPSA) is 63.3 Å². The maximum Gasteiger partial charge on any atom is 0.149 e. The van der Waals surface area contributed by atoms with Gasteiger partial charge in [-0.3, -0.25) is 0 Å². The zero-order valence-electron chi connectivity index (χ0n) is 9.23. The number of aliphatic hydroxyl groups excluding tert-OH is 1. The van der Waals surface area contributed by atoms with E-state index in [4.69, 9.17) is 5.73 Å². The molecule has 1 aliphatic rings. The molecule has 0 radical (unpaired) electrons. The Hall–Kier alpha value is -1.19. The van der Waals surface area contributed by atoms with Crippen LogP contribution in [0, 0.1) is 5.41 Å². The van der Waals surface area contributed by atoms with Gasteiger partial charge in [-0.25, -0.2) is 0 Å². The maximum atomic E-state index is 10.8. The number of hydrogen-bond donors (Lipinski definition) is 2. The van der Waals surface area contributed by atoms with Crippen LogP contribution in [-0.2, 0) is 17.6 Å². The molecule has 0 spiro atoms. The lowest BCUT2D eigenvalue weighted by atomic mass is 9.68. The molecule has 1 aromatic rings. The van der Waals surface area contributed by atoms with Crippen molar-refractivity contribution in [1.82, 2.24) is 0 Å². The van der Waals surface area contributed by atoms with Crippen LogP contribution in [0.2, 0.25) is 0 Å². The monoisotopic (exact) mass is 219 g/mol. The molecule has 86 valence electrons. The molecule has 1 aromatic carbocycles. The molecular weight excluding hydrogens is 202 g/mol. The predicted molar refractivity (Wildman–Crippen MR) is 62.0 cm³/mol. The highest BCUT2D eigenvalue weighted by atomic mass is 16.3. The molecule has 0 saturated heterocycles. The summed E-state index contributed by atoms with van der Waals surface area (Å²) in [5, 5.41) is 9.81. The van der Waals surface area contributed by atoms with Gasteiger partial charge in [0.1, 0.15) is 12.4 Å². The molecular formula is C13H17NO2. The van der Waals surface area contributed by atoms with Crippen LogP contribution in [0.5, 0.6) is 0 Å². The first-order valence-corrected chi connectivity index (χ1v) is 5.62. The van der Waals surface area contributed by atoms with Crippen LogP contribution in [-0.4, -0.2) is 24.0 Å². The zero-order valence-corrected chi connectivity index (χ0v) is 9.23. The SMILES string of the molecule is NCC1(C(O)C=O)CCc2ccccc2C1. The van der Waals surface area contributed by atoms with E-state index in [-0.39, 0.29) is 0 Å². The highest BCUT2D eigenvalue weighted by molar-refractivity contribution is 5.58. The van der Waals surface area contributed by atoms with E-state index in [1.54, 1.807) is 0 Å². The van der Waals surface area contributed by atoms with Gasteiger partial charge in [0.05, 0.1) is 0 Å². The molecule has 2 atom stereocenters. The fourth-order valence-corrected chi connectivity index (χ4v) is 2.52. The van der Waals surface area contributed by atoms with Crippen molar-refractivity contribution in [2.75, 3.05) is 6.54 Å². The van der Waals surface area contributed by atoms with Gasteiger partial charge in [-0.15, -0.1) is 0 Å². The number of benzene rings is 1. The summed E-state index contributed by atoms with van der Waals surface area (Å²) >= 11 is 0. The second kappa shape index (κ2) is 4.36. The van der Waals surface area contributed by atoms with Crippen molar-refractivity contribution < 1.29 is 9.90 Å². The first kappa shape index (κ1) is 11.3. The quantitative estimate of drug-likeness (QED) is 0.735. The average molecular weight is 219 g/mol. The second-order valence-electron chi connectivity index (χ2n) is 4.59. The summed E-state index contributed by atoms with van der Waals surface area (Å²) in [5.74, 6) is 0. The summed E-state index contributed by atoms with van der Waals surface area (Å²) in [5.41, 5.74) is 7.81. The minimum atomic E-state index is -0.953. The Balaban J connectivity index is 2.31. The molecule has 3 N–H and O–H groups in total. The van der Waals surface area contributed by atoms with Gasteiger partial charge < -0.3 is 15.6 Å². The van der Waals surface area contributed by atoms with E-state index in [2.05, 4.69) is 12.1 Å². The highest BCUT2D eigenvalue weighted by Crippen LogP contribution is 2.37. The van der Waals surface area contributed by atoms with E-state index >= 15 is 0 Å². The smallest absolute Gasteiger partial charge is 0.149 e. The lowest BCUT2D eigenvalue weighted by molar-refractivity contribution is -0.121. The van der Waals surface area contributed by atoms with Gasteiger partial charge in [-0.2, -0.15) is 0 Å². The third-order valence-corrected chi connectivity index (χ3v) is 3.72. The van der Waals surface area contributed by atoms with Crippen molar-refractivity contribution in [3.05, 3.63) is 35.4 Å². The van der Waals surface area contributed by atoms with Crippen molar-refractivity contribution in [3.8, 4) is 0 Å². The van der Waals surface area contributed by atoms with Crippen LogP contribution >= 0.6 is 0 Å².